The predicted molar refractivity (Wildman–Crippen MR) is 55.4 cm³/mol. The second-order valence-corrected chi connectivity index (χ2v) is 2.46. The van der Waals surface area contributed by atoms with Gasteiger partial charge in [0, 0.05) is 0 Å². The van der Waals surface area contributed by atoms with Gasteiger partial charge in [0.25, 0.3) is 0 Å². The molecule has 70 valence electrons. The maximum absolute atomic E-state index is 9.98. The first kappa shape index (κ1) is 17.2. The minimum atomic E-state index is 0.178. The number of rotatable bonds is 2. The third-order valence-electron chi connectivity index (χ3n) is 0.426. The quantitative estimate of drug-likeness (QED) is 0.701. The first-order valence-corrected chi connectivity index (χ1v) is 5.36. The van der Waals surface area contributed by atoms with Gasteiger partial charge in [-0.3, -0.25) is 4.79 Å². The second-order valence-electron chi connectivity index (χ2n) is 1.64. The van der Waals surface area contributed by atoms with Gasteiger partial charge in [0.2, 0.25) is 0 Å². The first-order valence-electron chi connectivity index (χ1n) is 3.73. The molecule has 0 aliphatic heterocycles. The molecular weight excluding hydrogens is 158 g/mol. The van der Waals surface area contributed by atoms with Crippen molar-refractivity contribution in [2.75, 3.05) is 26.1 Å². The lowest BCUT2D eigenvalue weighted by Crippen LogP contribution is -2.14. The van der Waals surface area contributed by atoms with Crippen LogP contribution in [-0.4, -0.2) is 31.9 Å². The van der Waals surface area contributed by atoms with Crippen molar-refractivity contribution in [3.8, 4) is 0 Å². The van der Waals surface area contributed by atoms with E-state index >= 15 is 0 Å². The molecule has 0 unspecified atom stereocenters. The Hall–Kier alpha value is -0.0200. The average Bonchev–Trinajstić information content (AvgIpc) is 1.93. The van der Waals surface area contributed by atoms with E-state index in [1.807, 2.05) is 26.4 Å². The number of Topliss-reactive ketones (excluding diaryl/α,β-unsaturated/α-hetero) is 1. The van der Waals surface area contributed by atoms with Crippen LogP contribution >= 0.6 is 11.8 Å². The zero-order chi connectivity index (χ0) is 9.70. The van der Waals surface area contributed by atoms with E-state index in [0.717, 1.165) is 0 Å². The van der Waals surface area contributed by atoms with E-state index in [-0.39, 0.29) is 5.78 Å². The Kier molecular flexibility index (Phi) is 35.1. The summed E-state index contributed by atoms with van der Waals surface area (Å²) < 4.78 is 0. The van der Waals surface area contributed by atoms with Crippen molar-refractivity contribution in [2.45, 2.75) is 20.8 Å². The molecule has 0 saturated carbocycles. The van der Waals surface area contributed by atoms with Crippen LogP contribution < -0.4 is 5.32 Å². The van der Waals surface area contributed by atoms with Crippen LogP contribution in [0.15, 0.2) is 0 Å². The molecule has 0 amide bonds. The number of thioether (sulfide) groups is 1. The Morgan fingerprint density at radius 3 is 1.64 bits per heavy atom. The first-order chi connectivity index (χ1) is 5.18. The van der Waals surface area contributed by atoms with E-state index in [9.17, 15) is 4.79 Å². The van der Waals surface area contributed by atoms with Crippen molar-refractivity contribution in [3.63, 3.8) is 0 Å². The molecule has 2 nitrogen and oxygen atoms in total. The topological polar surface area (TPSA) is 29.1 Å². The van der Waals surface area contributed by atoms with Crippen LogP contribution in [0, 0.1) is 0 Å². The minimum absolute atomic E-state index is 0.178. The third-order valence-corrected chi connectivity index (χ3v) is 0.426. The normalized spacial score (nSPS) is 6.73. The van der Waals surface area contributed by atoms with Gasteiger partial charge in [-0.15, -0.1) is 0 Å². The summed E-state index contributed by atoms with van der Waals surface area (Å²) in [6, 6.07) is 0. The molecule has 0 saturated heterocycles. The summed E-state index contributed by atoms with van der Waals surface area (Å²) in [5.74, 6) is 0.178. The van der Waals surface area contributed by atoms with Crippen molar-refractivity contribution in [1.29, 1.82) is 0 Å². The maximum atomic E-state index is 9.98. The molecule has 0 radical (unpaired) electrons. The molecule has 0 heterocycles. The zero-order valence-corrected chi connectivity index (χ0v) is 9.34. The van der Waals surface area contributed by atoms with Crippen molar-refractivity contribution in [1.82, 2.24) is 5.32 Å². The molecular formula is C8H21NOS. The van der Waals surface area contributed by atoms with E-state index < -0.39 is 0 Å². The molecule has 1 N–H and O–H groups in total. The van der Waals surface area contributed by atoms with Crippen molar-refractivity contribution >= 4 is 17.5 Å². The van der Waals surface area contributed by atoms with Gasteiger partial charge in [-0.2, -0.15) is 11.8 Å². The number of likely N-dealkylation sites (N-methyl/N-ethyl adjacent to an activating group) is 1. The summed E-state index contributed by atoms with van der Waals surface area (Å²) in [5, 5.41) is 2.72. The third kappa shape index (κ3) is 71.6. The van der Waals surface area contributed by atoms with Crippen LogP contribution in [0.5, 0.6) is 0 Å². The number of hydrogen-bond acceptors (Lipinski definition) is 3. The van der Waals surface area contributed by atoms with Gasteiger partial charge in [-0.05, 0) is 26.5 Å². The molecule has 11 heavy (non-hydrogen) atoms. The zero-order valence-electron chi connectivity index (χ0n) is 8.52. The van der Waals surface area contributed by atoms with Gasteiger partial charge in [-0.1, -0.05) is 13.8 Å². The second kappa shape index (κ2) is 22.5. The molecule has 0 spiro atoms. The highest BCUT2D eigenvalue weighted by molar-refractivity contribution is 7.97. The molecule has 0 aromatic heterocycles. The fourth-order valence-electron chi connectivity index (χ4n) is 0.249. The fraction of sp³-hybridized carbons (Fsp3) is 0.875. The fourth-order valence-corrected chi connectivity index (χ4v) is 0.249. The van der Waals surface area contributed by atoms with Crippen LogP contribution in [0.25, 0.3) is 0 Å². The average molecular weight is 179 g/mol. The van der Waals surface area contributed by atoms with E-state index in [1.54, 1.807) is 25.7 Å². The van der Waals surface area contributed by atoms with Gasteiger partial charge in [0.15, 0.2) is 0 Å². The van der Waals surface area contributed by atoms with Crippen LogP contribution in [-0.2, 0) is 4.79 Å². The molecule has 0 bridgehead atoms. The van der Waals surface area contributed by atoms with Gasteiger partial charge in [0.1, 0.15) is 5.78 Å². The predicted octanol–water partition coefficient (Wildman–Crippen LogP) is 1.80. The molecule has 0 rings (SSSR count). The summed E-state index contributed by atoms with van der Waals surface area (Å²) in [5.41, 5.74) is 0. The molecule has 0 aliphatic rings. The van der Waals surface area contributed by atoms with Crippen molar-refractivity contribution in [2.24, 2.45) is 0 Å². The standard InChI is InChI=1S/C4H9NO.C2H6S.C2H6/c1-4(6)3-5-2;1-3-2;1-2/h5H,3H2,1-2H3;1-2H3;1-2H3. The lowest BCUT2D eigenvalue weighted by atomic mass is 10.5. The number of carbonyl (C=O) groups is 1. The number of ketones is 1. The maximum Gasteiger partial charge on any atom is 0.143 e. The molecule has 0 aromatic rings. The lowest BCUT2D eigenvalue weighted by molar-refractivity contribution is -0.116. The van der Waals surface area contributed by atoms with Gasteiger partial charge < -0.3 is 5.32 Å². The molecule has 0 atom stereocenters. The molecule has 3 heteroatoms. The van der Waals surface area contributed by atoms with Gasteiger partial charge in [0.05, 0.1) is 6.54 Å². The SMILES string of the molecule is CC.CNCC(C)=O.CSC. The Balaban J connectivity index is -0.000000109. The summed E-state index contributed by atoms with van der Waals surface area (Å²) in [4.78, 5) is 9.98. The van der Waals surface area contributed by atoms with E-state index in [0.29, 0.717) is 6.54 Å². The Morgan fingerprint density at radius 2 is 1.64 bits per heavy atom. The smallest absolute Gasteiger partial charge is 0.143 e. The minimum Gasteiger partial charge on any atom is -0.313 e. The highest BCUT2D eigenvalue weighted by atomic mass is 32.2. The summed E-state index contributed by atoms with van der Waals surface area (Å²) >= 11 is 1.75. The van der Waals surface area contributed by atoms with Crippen LogP contribution in [0.1, 0.15) is 20.8 Å². The summed E-state index contributed by atoms with van der Waals surface area (Å²) in [6.45, 7) is 6.04. The Morgan fingerprint density at radius 1 is 1.36 bits per heavy atom. The van der Waals surface area contributed by atoms with Crippen LogP contribution in [0.4, 0.5) is 0 Å². The Labute approximate surface area is 75.1 Å². The molecule has 0 aliphatic carbocycles. The molecule has 0 aromatic carbocycles. The van der Waals surface area contributed by atoms with E-state index in [1.165, 1.54) is 0 Å². The van der Waals surface area contributed by atoms with E-state index in [4.69, 9.17) is 0 Å². The van der Waals surface area contributed by atoms with Crippen LogP contribution in [0.3, 0.4) is 0 Å². The number of nitrogens with one attached hydrogen (secondary N) is 1. The van der Waals surface area contributed by atoms with E-state index in [2.05, 4.69) is 5.32 Å². The van der Waals surface area contributed by atoms with Gasteiger partial charge >= 0.3 is 0 Å². The monoisotopic (exact) mass is 179 g/mol. The van der Waals surface area contributed by atoms with Crippen molar-refractivity contribution < 1.29 is 4.79 Å². The highest BCUT2D eigenvalue weighted by Crippen LogP contribution is 1.70. The lowest BCUT2D eigenvalue weighted by Gasteiger charge is -1.85. The summed E-state index contributed by atoms with van der Waals surface area (Å²) in [7, 11) is 1.75. The number of carbonyl (C=O) groups excluding carboxylic acids is 1. The van der Waals surface area contributed by atoms with Gasteiger partial charge in [-0.25, -0.2) is 0 Å². The highest BCUT2D eigenvalue weighted by Gasteiger charge is 1.82. The molecule has 0 fully saturated rings. The van der Waals surface area contributed by atoms with Crippen LogP contribution in [0.2, 0.25) is 0 Å². The largest absolute Gasteiger partial charge is 0.313 e. The Bertz CT molecular complexity index is 67.1. The summed E-state index contributed by atoms with van der Waals surface area (Å²) in [6.07, 6.45) is 4.08. The van der Waals surface area contributed by atoms with Crippen molar-refractivity contribution in [3.05, 3.63) is 0 Å². The number of hydrogen-bond donors (Lipinski definition) is 1.